The van der Waals surface area contributed by atoms with E-state index in [0.717, 1.165) is 19.5 Å². The Labute approximate surface area is 121 Å². The lowest BCUT2D eigenvalue weighted by atomic mass is 10.0. The summed E-state index contributed by atoms with van der Waals surface area (Å²) in [4.78, 5) is 14.3. The fraction of sp³-hybridized carbons (Fsp3) is 0.562. The fourth-order valence-electron chi connectivity index (χ4n) is 2.70. The van der Waals surface area contributed by atoms with Crippen molar-refractivity contribution < 1.29 is 4.79 Å². The van der Waals surface area contributed by atoms with Crippen LogP contribution in [0.3, 0.4) is 0 Å². The number of nitrogens with zero attached hydrogens (tertiary/aromatic N) is 1. The Hall–Kier alpha value is -1.39. The van der Waals surface area contributed by atoms with Crippen molar-refractivity contribution in [3.8, 4) is 0 Å². The number of rotatable bonds is 4. The summed E-state index contributed by atoms with van der Waals surface area (Å²) < 4.78 is 0. The van der Waals surface area contributed by atoms with Crippen molar-refractivity contribution in [3.63, 3.8) is 0 Å². The molecule has 0 bridgehead atoms. The first-order valence-electron chi connectivity index (χ1n) is 7.40. The van der Waals surface area contributed by atoms with Crippen LogP contribution in [0.25, 0.3) is 0 Å². The predicted molar refractivity (Wildman–Crippen MR) is 81.2 cm³/mol. The van der Waals surface area contributed by atoms with Gasteiger partial charge in [0.1, 0.15) is 0 Å². The minimum absolute atomic E-state index is 0.0844. The summed E-state index contributed by atoms with van der Waals surface area (Å²) in [6.07, 6.45) is 0.749. The van der Waals surface area contributed by atoms with E-state index >= 15 is 0 Å². The zero-order valence-electron chi connectivity index (χ0n) is 12.4. The number of amides is 1. The van der Waals surface area contributed by atoms with E-state index in [1.165, 1.54) is 5.56 Å². The monoisotopic (exact) mass is 275 g/mol. The third kappa shape index (κ3) is 3.81. The molecule has 1 heterocycles. The molecule has 110 valence electrons. The molecule has 0 aliphatic carbocycles. The molecule has 3 N–H and O–H groups in total. The normalized spacial score (nSPS) is 21.0. The minimum Gasteiger partial charge on any atom is -0.338 e. The molecule has 1 aromatic rings. The Kier molecular flexibility index (Phi) is 5.15. The van der Waals surface area contributed by atoms with Crippen molar-refractivity contribution >= 4 is 5.91 Å². The second-order valence-corrected chi connectivity index (χ2v) is 5.94. The van der Waals surface area contributed by atoms with E-state index in [1.807, 2.05) is 23.1 Å². The molecule has 2 atom stereocenters. The number of hydrogen-bond donors (Lipinski definition) is 2. The number of nitrogens with two attached hydrogens (primary N) is 1. The molecular formula is C16H25N3O. The third-order valence-corrected chi connectivity index (χ3v) is 3.73. The summed E-state index contributed by atoms with van der Waals surface area (Å²) in [5, 5.41) is 3.47. The lowest BCUT2D eigenvalue weighted by Gasteiger charge is -2.35. The Balaban J connectivity index is 1.98. The molecule has 0 saturated carbocycles. The van der Waals surface area contributed by atoms with E-state index < -0.39 is 0 Å². The van der Waals surface area contributed by atoms with Crippen LogP contribution >= 0.6 is 0 Å². The first-order chi connectivity index (χ1) is 9.58. The van der Waals surface area contributed by atoms with Gasteiger partial charge in [0.2, 0.25) is 5.91 Å². The highest BCUT2D eigenvalue weighted by Gasteiger charge is 2.27. The van der Waals surface area contributed by atoms with Crippen LogP contribution in [0, 0.1) is 5.92 Å². The lowest BCUT2D eigenvalue weighted by molar-refractivity contribution is -0.134. The molecule has 0 radical (unpaired) electrons. The Morgan fingerprint density at radius 1 is 1.40 bits per heavy atom. The number of piperazine rings is 1. The van der Waals surface area contributed by atoms with Crippen LogP contribution in [0.15, 0.2) is 30.3 Å². The topological polar surface area (TPSA) is 58.4 Å². The van der Waals surface area contributed by atoms with Crippen molar-refractivity contribution in [2.24, 2.45) is 11.7 Å². The molecule has 0 spiro atoms. The molecule has 1 amide bonds. The smallest absolute Gasteiger partial charge is 0.239 e. The SMILES string of the molecule is CC(C)C[C@H](N)C(=O)N1CCNC(c2ccccc2)C1. The van der Waals surface area contributed by atoms with E-state index in [4.69, 9.17) is 5.73 Å². The van der Waals surface area contributed by atoms with Crippen LogP contribution < -0.4 is 11.1 Å². The number of carbonyl (C=O) groups is 1. The summed E-state index contributed by atoms with van der Waals surface area (Å²) in [6.45, 7) is 6.46. The summed E-state index contributed by atoms with van der Waals surface area (Å²) >= 11 is 0. The van der Waals surface area contributed by atoms with E-state index in [0.29, 0.717) is 12.5 Å². The molecule has 1 fully saturated rings. The van der Waals surface area contributed by atoms with Gasteiger partial charge < -0.3 is 16.0 Å². The molecule has 1 aliphatic rings. The largest absolute Gasteiger partial charge is 0.338 e. The van der Waals surface area contributed by atoms with Crippen molar-refractivity contribution in [1.82, 2.24) is 10.2 Å². The van der Waals surface area contributed by atoms with Gasteiger partial charge in [-0.3, -0.25) is 4.79 Å². The number of hydrogen-bond acceptors (Lipinski definition) is 3. The molecule has 1 unspecified atom stereocenters. The van der Waals surface area contributed by atoms with E-state index in [-0.39, 0.29) is 18.0 Å². The van der Waals surface area contributed by atoms with Crippen molar-refractivity contribution in [1.29, 1.82) is 0 Å². The molecule has 4 heteroatoms. The van der Waals surface area contributed by atoms with Gasteiger partial charge in [-0.1, -0.05) is 44.2 Å². The molecule has 1 aromatic carbocycles. The zero-order valence-corrected chi connectivity index (χ0v) is 12.4. The van der Waals surface area contributed by atoms with Crippen LogP contribution in [0.4, 0.5) is 0 Å². The van der Waals surface area contributed by atoms with Crippen LogP contribution in [0.2, 0.25) is 0 Å². The van der Waals surface area contributed by atoms with Gasteiger partial charge in [0, 0.05) is 25.7 Å². The van der Waals surface area contributed by atoms with Gasteiger partial charge in [-0.2, -0.15) is 0 Å². The highest BCUT2D eigenvalue weighted by Crippen LogP contribution is 2.18. The van der Waals surface area contributed by atoms with Crippen LogP contribution in [0.5, 0.6) is 0 Å². The van der Waals surface area contributed by atoms with E-state index in [9.17, 15) is 4.79 Å². The maximum absolute atomic E-state index is 12.4. The molecule has 1 saturated heterocycles. The van der Waals surface area contributed by atoms with Crippen molar-refractivity contribution in [3.05, 3.63) is 35.9 Å². The molecule has 20 heavy (non-hydrogen) atoms. The highest BCUT2D eigenvalue weighted by atomic mass is 16.2. The standard InChI is InChI=1S/C16H25N3O/c1-12(2)10-14(17)16(20)19-9-8-18-15(11-19)13-6-4-3-5-7-13/h3-7,12,14-15,18H,8-11,17H2,1-2H3/t14-,15?/m0/s1. The molecule has 4 nitrogen and oxygen atoms in total. The fourth-order valence-corrected chi connectivity index (χ4v) is 2.70. The van der Waals surface area contributed by atoms with Gasteiger partial charge in [-0.05, 0) is 17.9 Å². The van der Waals surface area contributed by atoms with Crippen LogP contribution in [-0.2, 0) is 4.79 Å². The maximum atomic E-state index is 12.4. The summed E-state index contributed by atoms with van der Waals surface area (Å²) in [5.41, 5.74) is 7.25. The number of carbonyl (C=O) groups excluding carboxylic acids is 1. The Morgan fingerprint density at radius 2 is 2.10 bits per heavy atom. The van der Waals surface area contributed by atoms with Crippen LogP contribution in [0.1, 0.15) is 31.9 Å². The summed E-state index contributed by atoms with van der Waals surface area (Å²) in [7, 11) is 0. The van der Waals surface area contributed by atoms with Crippen molar-refractivity contribution in [2.75, 3.05) is 19.6 Å². The molecular weight excluding hydrogens is 250 g/mol. The van der Waals surface area contributed by atoms with Gasteiger partial charge in [-0.15, -0.1) is 0 Å². The average Bonchev–Trinajstić information content (AvgIpc) is 2.47. The predicted octanol–water partition coefficient (Wildman–Crippen LogP) is 1.53. The van der Waals surface area contributed by atoms with Crippen LogP contribution in [-0.4, -0.2) is 36.5 Å². The highest BCUT2D eigenvalue weighted by molar-refractivity contribution is 5.81. The second kappa shape index (κ2) is 6.86. The first kappa shape index (κ1) is 15.0. The second-order valence-electron chi connectivity index (χ2n) is 5.94. The summed E-state index contributed by atoms with van der Waals surface area (Å²) in [5.74, 6) is 0.530. The van der Waals surface area contributed by atoms with Gasteiger partial charge in [-0.25, -0.2) is 0 Å². The summed E-state index contributed by atoms with van der Waals surface area (Å²) in [6, 6.07) is 10.1. The van der Waals surface area contributed by atoms with Crippen molar-refractivity contribution in [2.45, 2.75) is 32.4 Å². The zero-order chi connectivity index (χ0) is 14.5. The number of nitrogens with one attached hydrogen (secondary N) is 1. The average molecular weight is 275 g/mol. The molecule has 2 rings (SSSR count). The Morgan fingerprint density at radius 3 is 2.75 bits per heavy atom. The number of benzene rings is 1. The quantitative estimate of drug-likeness (QED) is 0.876. The van der Waals surface area contributed by atoms with Gasteiger partial charge in [0.15, 0.2) is 0 Å². The van der Waals surface area contributed by atoms with Gasteiger partial charge in [0.25, 0.3) is 0 Å². The minimum atomic E-state index is -0.371. The third-order valence-electron chi connectivity index (χ3n) is 3.73. The van der Waals surface area contributed by atoms with E-state index in [2.05, 4.69) is 31.3 Å². The first-order valence-corrected chi connectivity index (χ1v) is 7.40. The molecule has 0 aromatic heterocycles. The lowest BCUT2D eigenvalue weighted by Crippen LogP contribution is -2.53. The van der Waals surface area contributed by atoms with Gasteiger partial charge in [0.05, 0.1) is 6.04 Å². The Bertz CT molecular complexity index is 433. The maximum Gasteiger partial charge on any atom is 0.239 e. The molecule has 1 aliphatic heterocycles. The van der Waals surface area contributed by atoms with E-state index in [1.54, 1.807) is 0 Å². The van der Waals surface area contributed by atoms with Gasteiger partial charge >= 0.3 is 0 Å².